The number of aromatic nitrogens is 2. The Morgan fingerprint density at radius 2 is 1.74 bits per heavy atom. The maximum atomic E-state index is 6.40. The van der Waals surface area contributed by atoms with Gasteiger partial charge in [-0.25, -0.2) is 4.98 Å². The summed E-state index contributed by atoms with van der Waals surface area (Å²) in [6.45, 7) is 4.20. The minimum Gasteiger partial charge on any atom is -0.480 e. The van der Waals surface area contributed by atoms with Crippen molar-refractivity contribution in [2.75, 3.05) is 7.11 Å². The molecule has 0 amide bonds. The van der Waals surface area contributed by atoms with E-state index in [-0.39, 0.29) is 11.5 Å². The van der Waals surface area contributed by atoms with Crippen molar-refractivity contribution in [1.29, 1.82) is 0 Å². The van der Waals surface area contributed by atoms with Crippen LogP contribution in [0.5, 0.6) is 5.88 Å². The van der Waals surface area contributed by atoms with E-state index in [0.717, 1.165) is 5.56 Å². The van der Waals surface area contributed by atoms with E-state index in [1.165, 1.54) is 0 Å². The third-order valence-electron chi connectivity index (χ3n) is 3.47. The highest BCUT2D eigenvalue weighted by atomic mass is 16.5. The molecule has 100 valence electrons. The first kappa shape index (κ1) is 13.5. The maximum absolute atomic E-state index is 6.40. The number of hydrogen-bond acceptors (Lipinski definition) is 4. The fourth-order valence-electron chi connectivity index (χ4n) is 2.10. The average Bonchev–Trinajstić information content (AvgIpc) is 2.47. The lowest BCUT2D eigenvalue weighted by atomic mass is 9.77. The van der Waals surface area contributed by atoms with Crippen molar-refractivity contribution in [3.8, 4) is 5.88 Å². The Morgan fingerprint density at radius 3 is 2.37 bits per heavy atom. The van der Waals surface area contributed by atoms with Gasteiger partial charge in [0.25, 0.3) is 0 Å². The standard InChI is InChI=1S/C15H19N3O/c1-15(2,11-7-5-4-6-8-11)13(16)12-14(19-3)18-10-9-17-12/h4-10,13H,16H2,1-3H3. The third kappa shape index (κ3) is 2.58. The largest absolute Gasteiger partial charge is 0.480 e. The summed E-state index contributed by atoms with van der Waals surface area (Å²) in [5.41, 5.74) is 7.98. The van der Waals surface area contributed by atoms with Gasteiger partial charge in [0, 0.05) is 17.8 Å². The van der Waals surface area contributed by atoms with Gasteiger partial charge in [0.2, 0.25) is 5.88 Å². The quantitative estimate of drug-likeness (QED) is 0.914. The molecule has 19 heavy (non-hydrogen) atoms. The summed E-state index contributed by atoms with van der Waals surface area (Å²) < 4.78 is 5.24. The van der Waals surface area contributed by atoms with Crippen molar-refractivity contribution in [1.82, 2.24) is 9.97 Å². The number of nitrogens with zero attached hydrogens (tertiary/aromatic N) is 2. The van der Waals surface area contributed by atoms with E-state index < -0.39 is 0 Å². The number of methoxy groups -OCH3 is 1. The van der Waals surface area contributed by atoms with Crippen LogP contribution in [0.2, 0.25) is 0 Å². The van der Waals surface area contributed by atoms with Crippen LogP contribution < -0.4 is 10.5 Å². The highest BCUT2D eigenvalue weighted by molar-refractivity contribution is 5.32. The Labute approximate surface area is 113 Å². The third-order valence-corrected chi connectivity index (χ3v) is 3.47. The van der Waals surface area contributed by atoms with Crippen molar-refractivity contribution in [2.24, 2.45) is 5.73 Å². The maximum Gasteiger partial charge on any atom is 0.237 e. The second-order valence-electron chi connectivity index (χ2n) is 5.02. The fraction of sp³-hybridized carbons (Fsp3) is 0.333. The van der Waals surface area contributed by atoms with Gasteiger partial charge in [-0.3, -0.25) is 4.98 Å². The van der Waals surface area contributed by atoms with Crippen molar-refractivity contribution < 1.29 is 4.74 Å². The smallest absolute Gasteiger partial charge is 0.237 e. The summed E-state index contributed by atoms with van der Waals surface area (Å²) in [6.07, 6.45) is 3.24. The van der Waals surface area contributed by atoms with Crippen LogP contribution in [0.1, 0.15) is 31.1 Å². The molecule has 1 unspecified atom stereocenters. The number of hydrogen-bond donors (Lipinski definition) is 1. The van der Waals surface area contributed by atoms with Gasteiger partial charge in [0.15, 0.2) is 0 Å². The van der Waals surface area contributed by atoms with E-state index >= 15 is 0 Å². The molecule has 0 aliphatic rings. The molecule has 2 N–H and O–H groups in total. The molecule has 0 radical (unpaired) electrons. The molecule has 0 saturated heterocycles. The van der Waals surface area contributed by atoms with Gasteiger partial charge in [0.1, 0.15) is 5.69 Å². The molecule has 0 fully saturated rings. The van der Waals surface area contributed by atoms with Crippen LogP contribution in [0.15, 0.2) is 42.7 Å². The summed E-state index contributed by atoms with van der Waals surface area (Å²) >= 11 is 0. The van der Waals surface area contributed by atoms with Crippen molar-refractivity contribution in [3.05, 3.63) is 54.0 Å². The van der Waals surface area contributed by atoms with Crippen LogP contribution in [0, 0.1) is 0 Å². The van der Waals surface area contributed by atoms with Crippen molar-refractivity contribution >= 4 is 0 Å². The molecule has 1 heterocycles. The van der Waals surface area contributed by atoms with E-state index in [2.05, 4.69) is 35.9 Å². The molecule has 0 saturated carbocycles. The second kappa shape index (κ2) is 5.36. The lowest BCUT2D eigenvalue weighted by Crippen LogP contribution is -2.34. The molecule has 1 aromatic carbocycles. The van der Waals surface area contributed by atoms with Crippen LogP contribution in [0.3, 0.4) is 0 Å². The highest BCUT2D eigenvalue weighted by Crippen LogP contribution is 2.36. The van der Waals surface area contributed by atoms with Gasteiger partial charge in [-0.15, -0.1) is 0 Å². The Morgan fingerprint density at radius 1 is 1.11 bits per heavy atom. The Balaban J connectivity index is 2.40. The molecule has 1 aromatic heterocycles. The van der Waals surface area contributed by atoms with Gasteiger partial charge in [-0.2, -0.15) is 0 Å². The van der Waals surface area contributed by atoms with Crippen LogP contribution >= 0.6 is 0 Å². The molecule has 1 atom stereocenters. The molecule has 2 rings (SSSR count). The number of ether oxygens (including phenoxy) is 1. The summed E-state index contributed by atoms with van der Waals surface area (Å²) in [5.74, 6) is 0.485. The minimum absolute atomic E-state index is 0.259. The second-order valence-corrected chi connectivity index (χ2v) is 5.02. The van der Waals surface area contributed by atoms with Crippen LogP contribution in [0.25, 0.3) is 0 Å². The predicted octanol–water partition coefficient (Wildman–Crippen LogP) is 2.46. The summed E-state index contributed by atoms with van der Waals surface area (Å²) in [7, 11) is 1.58. The van der Waals surface area contributed by atoms with E-state index in [9.17, 15) is 0 Å². The molecular weight excluding hydrogens is 238 g/mol. The monoisotopic (exact) mass is 257 g/mol. The number of nitrogens with two attached hydrogens (primary N) is 1. The van der Waals surface area contributed by atoms with Crippen molar-refractivity contribution in [3.63, 3.8) is 0 Å². The Hall–Kier alpha value is -1.94. The predicted molar refractivity (Wildman–Crippen MR) is 75.0 cm³/mol. The van der Waals surface area contributed by atoms with E-state index in [1.54, 1.807) is 19.5 Å². The van der Waals surface area contributed by atoms with Crippen LogP contribution in [0.4, 0.5) is 0 Å². The molecule has 4 heteroatoms. The summed E-state index contributed by atoms with van der Waals surface area (Å²) in [6, 6.07) is 9.87. The Kier molecular flexibility index (Phi) is 3.81. The number of benzene rings is 1. The number of rotatable bonds is 4. The van der Waals surface area contributed by atoms with Crippen LogP contribution in [-0.2, 0) is 5.41 Å². The highest BCUT2D eigenvalue weighted by Gasteiger charge is 2.32. The van der Waals surface area contributed by atoms with E-state index in [4.69, 9.17) is 10.5 Å². The molecule has 0 aliphatic carbocycles. The zero-order valence-electron chi connectivity index (χ0n) is 11.5. The topological polar surface area (TPSA) is 61.0 Å². The SMILES string of the molecule is COc1nccnc1C(N)C(C)(C)c1ccccc1. The van der Waals surface area contributed by atoms with Crippen LogP contribution in [-0.4, -0.2) is 17.1 Å². The van der Waals surface area contributed by atoms with E-state index in [0.29, 0.717) is 11.6 Å². The van der Waals surface area contributed by atoms with Gasteiger partial charge in [0.05, 0.1) is 13.2 Å². The van der Waals surface area contributed by atoms with Crippen molar-refractivity contribution in [2.45, 2.75) is 25.3 Å². The lowest BCUT2D eigenvalue weighted by molar-refractivity contribution is 0.357. The molecule has 0 aliphatic heterocycles. The summed E-state index contributed by atoms with van der Waals surface area (Å²) in [4.78, 5) is 8.49. The zero-order chi connectivity index (χ0) is 13.9. The lowest BCUT2D eigenvalue weighted by Gasteiger charge is -2.32. The zero-order valence-corrected chi connectivity index (χ0v) is 11.5. The summed E-state index contributed by atoms with van der Waals surface area (Å²) in [5, 5.41) is 0. The van der Waals surface area contributed by atoms with E-state index in [1.807, 2.05) is 18.2 Å². The first-order valence-corrected chi connectivity index (χ1v) is 6.23. The first-order chi connectivity index (χ1) is 9.07. The molecule has 4 nitrogen and oxygen atoms in total. The molecular formula is C15H19N3O. The minimum atomic E-state index is -0.293. The van der Waals surface area contributed by atoms with Gasteiger partial charge in [-0.05, 0) is 5.56 Å². The van der Waals surface area contributed by atoms with Gasteiger partial charge < -0.3 is 10.5 Å². The molecule has 0 bridgehead atoms. The Bertz CT molecular complexity index is 540. The fourth-order valence-corrected chi connectivity index (χ4v) is 2.10. The normalized spacial score (nSPS) is 13.1. The van der Waals surface area contributed by atoms with Gasteiger partial charge >= 0.3 is 0 Å². The first-order valence-electron chi connectivity index (χ1n) is 6.23. The molecule has 0 spiro atoms. The van der Waals surface area contributed by atoms with Gasteiger partial charge in [-0.1, -0.05) is 44.2 Å². The average molecular weight is 257 g/mol. The molecule has 2 aromatic rings.